The van der Waals surface area contributed by atoms with Crippen molar-refractivity contribution >= 4 is 5.69 Å². The SMILES string of the molecule is Nc1ccc(-c2nc(-c3ccc(O)cc3)no2)cc1O. The second kappa shape index (κ2) is 4.58. The van der Waals surface area contributed by atoms with Crippen molar-refractivity contribution in [3.8, 4) is 34.3 Å². The van der Waals surface area contributed by atoms with Gasteiger partial charge in [0.2, 0.25) is 5.82 Å². The Morgan fingerprint density at radius 1 is 0.950 bits per heavy atom. The van der Waals surface area contributed by atoms with E-state index in [1.807, 2.05) is 0 Å². The van der Waals surface area contributed by atoms with E-state index in [0.29, 0.717) is 11.4 Å². The van der Waals surface area contributed by atoms with Gasteiger partial charge in [-0.05, 0) is 42.5 Å². The fourth-order valence-electron chi connectivity index (χ4n) is 1.75. The van der Waals surface area contributed by atoms with Crippen LogP contribution in [-0.4, -0.2) is 20.4 Å². The zero-order valence-electron chi connectivity index (χ0n) is 10.3. The molecule has 0 aliphatic heterocycles. The Balaban J connectivity index is 1.97. The first kappa shape index (κ1) is 12.0. The number of rotatable bonds is 2. The third-order valence-corrected chi connectivity index (χ3v) is 2.83. The lowest BCUT2D eigenvalue weighted by Gasteiger charge is -1.99. The molecule has 0 saturated carbocycles. The number of phenols is 2. The van der Waals surface area contributed by atoms with Gasteiger partial charge in [-0.2, -0.15) is 4.98 Å². The summed E-state index contributed by atoms with van der Waals surface area (Å²) >= 11 is 0. The van der Waals surface area contributed by atoms with E-state index in [-0.39, 0.29) is 23.1 Å². The molecule has 1 heterocycles. The number of anilines is 1. The highest BCUT2D eigenvalue weighted by Gasteiger charge is 2.11. The zero-order chi connectivity index (χ0) is 14.1. The van der Waals surface area contributed by atoms with Gasteiger partial charge in [-0.1, -0.05) is 5.16 Å². The second-order valence-corrected chi connectivity index (χ2v) is 4.24. The van der Waals surface area contributed by atoms with Gasteiger partial charge in [0.05, 0.1) is 5.69 Å². The van der Waals surface area contributed by atoms with E-state index in [1.165, 1.54) is 6.07 Å². The van der Waals surface area contributed by atoms with Gasteiger partial charge in [0, 0.05) is 11.1 Å². The Hall–Kier alpha value is -3.02. The molecule has 6 nitrogen and oxygen atoms in total. The summed E-state index contributed by atoms with van der Waals surface area (Å²) in [6, 6.07) is 11.2. The minimum absolute atomic E-state index is 0.0353. The molecule has 0 aliphatic carbocycles. The monoisotopic (exact) mass is 269 g/mol. The van der Waals surface area contributed by atoms with Crippen molar-refractivity contribution < 1.29 is 14.7 Å². The summed E-state index contributed by atoms with van der Waals surface area (Å²) in [6.45, 7) is 0. The number of hydrogen-bond acceptors (Lipinski definition) is 6. The smallest absolute Gasteiger partial charge is 0.258 e. The molecule has 20 heavy (non-hydrogen) atoms. The van der Waals surface area contributed by atoms with Gasteiger partial charge in [0.25, 0.3) is 5.89 Å². The Bertz CT molecular complexity index is 751. The summed E-state index contributed by atoms with van der Waals surface area (Å²) in [5, 5.41) is 22.7. The summed E-state index contributed by atoms with van der Waals surface area (Å²) in [6.07, 6.45) is 0. The van der Waals surface area contributed by atoms with E-state index in [2.05, 4.69) is 10.1 Å². The first-order valence-corrected chi connectivity index (χ1v) is 5.85. The Kier molecular flexibility index (Phi) is 2.76. The van der Waals surface area contributed by atoms with Crippen molar-refractivity contribution in [2.45, 2.75) is 0 Å². The van der Waals surface area contributed by atoms with E-state index in [9.17, 15) is 10.2 Å². The zero-order valence-corrected chi connectivity index (χ0v) is 10.3. The average Bonchev–Trinajstić information content (AvgIpc) is 2.92. The van der Waals surface area contributed by atoms with Crippen molar-refractivity contribution in [3.05, 3.63) is 42.5 Å². The lowest BCUT2D eigenvalue weighted by molar-refractivity contribution is 0.431. The molecule has 0 fully saturated rings. The number of hydrogen-bond donors (Lipinski definition) is 3. The maximum atomic E-state index is 9.57. The van der Waals surface area contributed by atoms with Gasteiger partial charge < -0.3 is 20.5 Å². The molecule has 0 spiro atoms. The number of nitrogen functional groups attached to an aromatic ring is 1. The number of aromatic hydroxyl groups is 2. The number of nitrogens with two attached hydrogens (primary N) is 1. The van der Waals surface area contributed by atoms with Gasteiger partial charge >= 0.3 is 0 Å². The molecule has 6 heteroatoms. The first-order valence-electron chi connectivity index (χ1n) is 5.85. The van der Waals surface area contributed by atoms with Crippen LogP contribution in [0.15, 0.2) is 47.0 Å². The molecule has 3 rings (SSSR count). The van der Waals surface area contributed by atoms with Crippen LogP contribution < -0.4 is 5.73 Å². The maximum Gasteiger partial charge on any atom is 0.258 e. The topological polar surface area (TPSA) is 105 Å². The number of phenolic OH excluding ortho intramolecular Hbond substituents is 2. The molecule has 0 radical (unpaired) electrons. The lowest BCUT2D eigenvalue weighted by Crippen LogP contribution is -1.86. The fourth-order valence-corrected chi connectivity index (χ4v) is 1.75. The average molecular weight is 269 g/mol. The molecule has 0 atom stereocenters. The molecule has 0 amide bonds. The molecule has 0 saturated heterocycles. The van der Waals surface area contributed by atoms with Gasteiger partial charge in [0.1, 0.15) is 11.5 Å². The highest BCUT2D eigenvalue weighted by Crippen LogP contribution is 2.28. The minimum atomic E-state index is -0.0353. The van der Waals surface area contributed by atoms with Crippen LogP contribution in [0.4, 0.5) is 5.69 Å². The van der Waals surface area contributed by atoms with Crippen LogP contribution in [0.5, 0.6) is 11.5 Å². The summed E-state index contributed by atoms with van der Waals surface area (Å²) in [7, 11) is 0. The van der Waals surface area contributed by atoms with Crippen LogP contribution in [0.3, 0.4) is 0 Å². The molecule has 4 N–H and O–H groups in total. The van der Waals surface area contributed by atoms with Crippen LogP contribution in [0.2, 0.25) is 0 Å². The normalized spacial score (nSPS) is 10.6. The lowest BCUT2D eigenvalue weighted by atomic mass is 10.2. The van der Waals surface area contributed by atoms with E-state index in [1.54, 1.807) is 36.4 Å². The summed E-state index contributed by atoms with van der Waals surface area (Å²) in [5.41, 5.74) is 7.12. The molecule has 3 aromatic rings. The van der Waals surface area contributed by atoms with Crippen LogP contribution in [0.1, 0.15) is 0 Å². The Morgan fingerprint density at radius 3 is 2.35 bits per heavy atom. The third kappa shape index (κ3) is 2.14. The van der Waals surface area contributed by atoms with Crippen LogP contribution >= 0.6 is 0 Å². The number of aromatic nitrogens is 2. The molecule has 1 aromatic heterocycles. The van der Waals surface area contributed by atoms with Crippen molar-refractivity contribution in [1.29, 1.82) is 0 Å². The van der Waals surface area contributed by atoms with Gasteiger partial charge in [-0.3, -0.25) is 0 Å². The summed E-state index contributed by atoms with van der Waals surface area (Å²) in [4.78, 5) is 4.24. The molecule has 100 valence electrons. The highest BCUT2D eigenvalue weighted by atomic mass is 16.5. The van der Waals surface area contributed by atoms with Crippen molar-refractivity contribution in [3.63, 3.8) is 0 Å². The molecule has 0 aliphatic rings. The van der Waals surface area contributed by atoms with E-state index in [0.717, 1.165) is 5.56 Å². The van der Waals surface area contributed by atoms with Gasteiger partial charge in [0.15, 0.2) is 0 Å². The fraction of sp³-hybridized carbons (Fsp3) is 0. The standard InChI is InChI=1S/C14H11N3O3/c15-11-6-3-9(7-12(11)19)14-16-13(17-20-14)8-1-4-10(18)5-2-8/h1-7,18-19H,15H2. The molecular formula is C14H11N3O3. The van der Waals surface area contributed by atoms with Crippen molar-refractivity contribution in [2.75, 3.05) is 5.73 Å². The van der Waals surface area contributed by atoms with E-state index in [4.69, 9.17) is 10.3 Å². The summed E-state index contributed by atoms with van der Waals surface area (Å²) in [5.74, 6) is 0.812. The van der Waals surface area contributed by atoms with Crippen molar-refractivity contribution in [2.24, 2.45) is 0 Å². The van der Waals surface area contributed by atoms with Crippen LogP contribution in [0.25, 0.3) is 22.8 Å². The Morgan fingerprint density at radius 2 is 1.65 bits per heavy atom. The minimum Gasteiger partial charge on any atom is -0.508 e. The second-order valence-electron chi connectivity index (χ2n) is 4.24. The molecule has 0 unspecified atom stereocenters. The quantitative estimate of drug-likeness (QED) is 0.487. The molecular weight excluding hydrogens is 258 g/mol. The highest BCUT2D eigenvalue weighted by molar-refractivity contribution is 5.65. The predicted molar refractivity (Wildman–Crippen MR) is 72.9 cm³/mol. The van der Waals surface area contributed by atoms with Crippen LogP contribution in [0, 0.1) is 0 Å². The van der Waals surface area contributed by atoms with E-state index >= 15 is 0 Å². The van der Waals surface area contributed by atoms with E-state index < -0.39 is 0 Å². The third-order valence-electron chi connectivity index (χ3n) is 2.83. The summed E-state index contributed by atoms with van der Waals surface area (Å²) < 4.78 is 5.15. The Labute approximate surface area is 114 Å². The van der Waals surface area contributed by atoms with Crippen LogP contribution in [-0.2, 0) is 0 Å². The largest absolute Gasteiger partial charge is 0.508 e. The first-order chi connectivity index (χ1) is 9.63. The van der Waals surface area contributed by atoms with Crippen molar-refractivity contribution in [1.82, 2.24) is 10.1 Å². The predicted octanol–water partition coefficient (Wildman–Crippen LogP) is 2.40. The van der Waals surface area contributed by atoms with Gasteiger partial charge in [-0.15, -0.1) is 0 Å². The molecule has 2 aromatic carbocycles. The maximum absolute atomic E-state index is 9.57. The molecule has 0 bridgehead atoms. The van der Waals surface area contributed by atoms with Gasteiger partial charge in [-0.25, -0.2) is 0 Å². The number of benzene rings is 2. The number of nitrogens with zero attached hydrogens (tertiary/aromatic N) is 2.